The quantitative estimate of drug-likeness (QED) is 0.805. The van der Waals surface area contributed by atoms with Crippen LogP contribution in [0, 0.1) is 5.92 Å². The highest BCUT2D eigenvalue weighted by molar-refractivity contribution is 8.00. The molecule has 3 heteroatoms. The Morgan fingerprint density at radius 1 is 1.32 bits per heavy atom. The summed E-state index contributed by atoms with van der Waals surface area (Å²) in [6.07, 6.45) is 9.20. The third-order valence-electron chi connectivity index (χ3n) is 5.54. The van der Waals surface area contributed by atoms with Crippen LogP contribution in [0.4, 0.5) is 0 Å². The molecule has 2 rings (SSSR count). The normalized spacial score (nSPS) is 35.1. The number of rotatable bonds is 6. The second kappa shape index (κ2) is 6.82. The molecule has 0 radical (unpaired) electrons. The number of nitrogens with zero attached hydrogens (tertiary/aromatic N) is 1. The first-order valence-corrected chi connectivity index (χ1v) is 9.37. The number of piperidine rings is 1. The maximum Gasteiger partial charge on any atom is 0.0284 e. The number of nitrogens with one attached hydrogen (secondary N) is 1. The summed E-state index contributed by atoms with van der Waals surface area (Å²) >= 11 is 2.11. The average molecular weight is 285 g/mol. The Labute approximate surface area is 124 Å². The highest BCUT2D eigenvalue weighted by Crippen LogP contribution is 2.44. The van der Waals surface area contributed by atoms with Gasteiger partial charge in [0.25, 0.3) is 0 Å². The zero-order valence-electron chi connectivity index (χ0n) is 13.2. The van der Waals surface area contributed by atoms with E-state index in [-0.39, 0.29) is 0 Å². The number of likely N-dealkylation sites (tertiary alicyclic amines) is 1. The predicted octanol–water partition coefficient (Wildman–Crippen LogP) is 3.37. The molecule has 1 heterocycles. The molecule has 1 saturated heterocycles. The van der Waals surface area contributed by atoms with Crippen molar-refractivity contribution in [3.8, 4) is 0 Å². The van der Waals surface area contributed by atoms with Crippen molar-refractivity contribution in [2.45, 2.75) is 69.7 Å². The Balaban J connectivity index is 1.87. The van der Waals surface area contributed by atoms with E-state index in [9.17, 15) is 0 Å². The van der Waals surface area contributed by atoms with Gasteiger partial charge in [-0.05, 0) is 57.9 Å². The molecule has 19 heavy (non-hydrogen) atoms. The van der Waals surface area contributed by atoms with E-state index in [0.717, 1.165) is 18.0 Å². The van der Waals surface area contributed by atoms with Gasteiger partial charge in [0.2, 0.25) is 0 Å². The smallest absolute Gasteiger partial charge is 0.0284 e. The van der Waals surface area contributed by atoms with Gasteiger partial charge in [0.15, 0.2) is 0 Å². The molecule has 1 saturated carbocycles. The van der Waals surface area contributed by atoms with Gasteiger partial charge >= 0.3 is 0 Å². The third-order valence-corrected chi connectivity index (χ3v) is 6.95. The second-order valence-electron chi connectivity index (χ2n) is 6.66. The lowest BCUT2D eigenvalue weighted by Gasteiger charge is -2.50. The predicted molar refractivity (Wildman–Crippen MR) is 87.0 cm³/mol. The molecule has 0 amide bonds. The number of thioether (sulfide) groups is 1. The molecule has 0 aromatic heterocycles. The van der Waals surface area contributed by atoms with Crippen LogP contribution in [0.25, 0.3) is 0 Å². The molecule has 2 fully saturated rings. The van der Waals surface area contributed by atoms with E-state index in [2.05, 4.69) is 49.0 Å². The molecule has 3 atom stereocenters. The van der Waals surface area contributed by atoms with Crippen molar-refractivity contribution in [3.05, 3.63) is 0 Å². The van der Waals surface area contributed by atoms with Gasteiger partial charge < -0.3 is 5.32 Å². The van der Waals surface area contributed by atoms with Gasteiger partial charge in [-0.3, -0.25) is 4.90 Å². The summed E-state index contributed by atoms with van der Waals surface area (Å²) < 4.78 is 0.595. The van der Waals surface area contributed by atoms with Crippen molar-refractivity contribution >= 4 is 11.8 Å². The lowest BCUT2D eigenvalue weighted by molar-refractivity contribution is 0.0650. The van der Waals surface area contributed by atoms with Gasteiger partial charge in [0, 0.05) is 23.4 Å². The summed E-state index contributed by atoms with van der Waals surface area (Å²) in [7, 11) is 0. The van der Waals surface area contributed by atoms with Crippen LogP contribution in [0.2, 0.25) is 0 Å². The van der Waals surface area contributed by atoms with E-state index >= 15 is 0 Å². The topological polar surface area (TPSA) is 15.3 Å². The van der Waals surface area contributed by atoms with Gasteiger partial charge in [-0.1, -0.05) is 20.3 Å². The van der Waals surface area contributed by atoms with E-state index in [1.165, 1.54) is 51.7 Å². The SMILES string of the molecule is CCCNC1CCN(CC2(SC)CCC2)C(C)C1C. The summed E-state index contributed by atoms with van der Waals surface area (Å²) in [6, 6.07) is 1.46. The monoisotopic (exact) mass is 284 g/mol. The van der Waals surface area contributed by atoms with Crippen LogP contribution >= 0.6 is 11.8 Å². The highest BCUT2D eigenvalue weighted by atomic mass is 32.2. The zero-order valence-corrected chi connectivity index (χ0v) is 14.1. The van der Waals surface area contributed by atoms with E-state index in [0.29, 0.717) is 4.75 Å². The van der Waals surface area contributed by atoms with E-state index in [1.54, 1.807) is 0 Å². The fourth-order valence-electron chi connectivity index (χ4n) is 3.65. The van der Waals surface area contributed by atoms with Crippen LogP contribution in [0.15, 0.2) is 0 Å². The van der Waals surface area contributed by atoms with Crippen LogP contribution < -0.4 is 5.32 Å². The average Bonchev–Trinajstić information content (AvgIpc) is 2.38. The summed E-state index contributed by atoms with van der Waals surface area (Å²) in [4.78, 5) is 2.77. The van der Waals surface area contributed by atoms with Crippen molar-refractivity contribution in [2.75, 3.05) is 25.9 Å². The van der Waals surface area contributed by atoms with Gasteiger partial charge in [0.05, 0.1) is 0 Å². The minimum Gasteiger partial charge on any atom is -0.314 e. The van der Waals surface area contributed by atoms with Crippen molar-refractivity contribution in [2.24, 2.45) is 5.92 Å². The molecule has 1 N–H and O–H groups in total. The third kappa shape index (κ3) is 3.48. The molecule has 1 aliphatic heterocycles. The Kier molecular flexibility index (Phi) is 5.62. The van der Waals surface area contributed by atoms with E-state index in [1.807, 2.05) is 0 Å². The highest BCUT2D eigenvalue weighted by Gasteiger charge is 2.41. The largest absolute Gasteiger partial charge is 0.314 e. The molecular weight excluding hydrogens is 252 g/mol. The van der Waals surface area contributed by atoms with Crippen molar-refractivity contribution in [1.29, 1.82) is 0 Å². The zero-order chi connectivity index (χ0) is 13.9. The van der Waals surface area contributed by atoms with E-state index in [4.69, 9.17) is 0 Å². The Bertz CT molecular complexity index is 272. The molecular formula is C16H32N2S. The molecule has 2 nitrogen and oxygen atoms in total. The molecule has 0 aromatic rings. The fourth-order valence-corrected chi connectivity index (χ4v) is 4.64. The van der Waals surface area contributed by atoms with Crippen LogP contribution in [0.1, 0.15) is 52.9 Å². The van der Waals surface area contributed by atoms with Crippen molar-refractivity contribution in [3.63, 3.8) is 0 Å². The lowest BCUT2D eigenvalue weighted by Crippen LogP contribution is -2.57. The van der Waals surface area contributed by atoms with Gasteiger partial charge in [-0.25, -0.2) is 0 Å². The minimum atomic E-state index is 0.595. The van der Waals surface area contributed by atoms with Crippen molar-refractivity contribution in [1.82, 2.24) is 10.2 Å². The lowest BCUT2D eigenvalue weighted by atomic mass is 9.81. The molecule has 3 unspecified atom stereocenters. The standard InChI is InChI=1S/C16H32N2S/c1-5-10-17-15-7-11-18(14(3)13(15)2)12-16(19-4)8-6-9-16/h13-15,17H,5-12H2,1-4H3. The maximum atomic E-state index is 3.74. The summed E-state index contributed by atoms with van der Waals surface area (Å²) in [5, 5.41) is 3.74. The summed E-state index contributed by atoms with van der Waals surface area (Å²) in [5.74, 6) is 0.777. The summed E-state index contributed by atoms with van der Waals surface area (Å²) in [6.45, 7) is 10.9. The molecule has 112 valence electrons. The fraction of sp³-hybridized carbons (Fsp3) is 1.00. The number of hydrogen-bond acceptors (Lipinski definition) is 3. The molecule has 2 aliphatic rings. The Morgan fingerprint density at radius 2 is 2.05 bits per heavy atom. The molecule has 0 aromatic carbocycles. The maximum absolute atomic E-state index is 3.74. The van der Waals surface area contributed by atoms with Crippen LogP contribution in [-0.2, 0) is 0 Å². The Hall–Kier alpha value is 0.270. The Morgan fingerprint density at radius 3 is 2.58 bits per heavy atom. The first-order valence-electron chi connectivity index (χ1n) is 8.14. The van der Waals surface area contributed by atoms with Crippen molar-refractivity contribution < 1.29 is 0 Å². The number of hydrogen-bond donors (Lipinski definition) is 1. The minimum absolute atomic E-state index is 0.595. The molecule has 1 aliphatic carbocycles. The summed E-state index contributed by atoms with van der Waals surface area (Å²) in [5.41, 5.74) is 0. The van der Waals surface area contributed by atoms with Crippen LogP contribution in [0.5, 0.6) is 0 Å². The first kappa shape index (κ1) is 15.7. The van der Waals surface area contributed by atoms with Gasteiger partial charge in [-0.15, -0.1) is 0 Å². The van der Waals surface area contributed by atoms with Crippen LogP contribution in [-0.4, -0.2) is 47.6 Å². The van der Waals surface area contributed by atoms with Gasteiger partial charge in [-0.2, -0.15) is 11.8 Å². The van der Waals surface area contributed by atoms with E-state index < -0.39 is 0 Å². The van der Waals surface area contributed by atoms with Crippen LogP contribution in [0.3, 0.4) is 0 Å². The first-order chi connectivity index (χ1) is 9.12. The molecule has 0 spiro atoms. The van der Waals surface area contributed by atoms with Gasteiger partial charge in [0.1, 0.15) is 0 Å². The molecule has 0 bridgehead atoms. The second-order valence-corrected chi connectivity index (χ2v) is 7.93.